The fourth-order valence-electron chi connectivity index (χ4n) is 3.37. The number of ether oxygens (including phenoxy) is 1. The van der Waals surface area contributed by atoms with Crippen molar-refractivity contribution in [3.05, 3.63) is 23.8 Å². The van der Waals surface area contributed by atoms with E-state index in [2.05, 4.69) is 48.2 Å². The molecule has 1 aromatic heterocycles. The maximum Gasteiger partial charge on any atom is 0.330 e. The van der Waals surface area contributed by atoms with E-state index in [1.165, 1.54) is 10.1 Å². The van der Waals surface area contributed by atoms with Crippen LogP contribution in [0.1, 0.15) is 38.2 Å². The molecule has 1 aliphatic rings. The van der Waals surface area contributed by atoms with Gasteiger partial charge in [0.05, 0.1) is 18.1 Å². The molecule has 1 N–H and O–H groups in total. The number of rotatable bonds is 4. The zero-order valence-corrected chi connectivity index (χ0v) is 15.6. The molecule has 6 heteroatoms. The topological polar surface area (TPSA) is 59.4 Å². The number of aromatic nitrogens is 2. The lowest BCUT2D eigenvalue weighted by atomic mass is 9.89. The number of hydrogen-bond donors (Lipinski definition) is 1. The van der Waals surface area contributed by atoms with Crippen molar-refractivity contribution in [2.45, 2.75) is 32.6 Å². The van der Waals surface area contributed by atoms with Crippen LogP contribution in [0.4, 0.5) is 4.79 Å². The summed E-state index contributed by atoms with van der Waals surface area (Å²) in [7, 11) is 3.72. The first-order valence-electron chi connectivity index (χ1n) is 9.02. The Balaban J connectivity index is 1.89. The van der Waals surface area contributed by atoms with Crippen molar-refractivity contribution in [2.24, 2.45) is 5.92 Å². The summed E-state index contributed by atoms with van der Waals surface area (Å²) in [4.78, 5) is 19.4. The highest BCUT2D eigenvalue weighted by molar-refractivity contribution is 5.91. The first-order chi connectivity index (χ1) is 12.0. The minimum Gasteiger partial charge on any atom is -0.468 e. The number of hydrogen-bond acceptors (Lipinski definition) is 4. The van der Waals surface area contributed by atoms with Gasteiger partial charge in [0.15, 0.2) is 0 Å². The second-order valence-electron chi connectivity index (χ2n) is 7.34. The largest absolute Gasteiger partial charge is 0.468 e. The third-order valence-electron chi connectivity index (χ3n) is 4.88. The molecule has 0 spiro atoms. The molecule has 1 fully saturated rings. The number of amides is 1. The van der Waals surface area contributed by atoms with E-state index in [1.807, 2.05) is 6.07 Å². The highest BCUT2D eigenvalue weighted by Crippen LogP contribution is 2.31. The Kier molecular flexibility index (Phi) is 5.27. The van der Waals surface area contributed by atoms with Crippen molar-refractivity contribution in [2.75, 3.05) is 33.8 Å². The van der Waals surface area contributed by atoms with Crippen molar-refractivity contribution >= 4 is 17.1 Å². The summed E-state index contributed by atoms with van der Waals surface area (Å²) in [5.74, 6) is 0.951. The van der Waals surface area contributed by atoms with Crippen LogP contribution in [0.2, 0.25) is 0 Å². The number of likely N-dealkylation sites (tertiary alicyclic amines) is 1. The Morgan fingerprint density at radius 3 is 2.72 bits per heavy atom. The van der Waals surface area contributed by atoms with Crippen molar-refractivity contribution in [3.63, 3.8) is 0 Å². The molecule has 1 aromatic carbocycles. The summed E-state index contributed by atoms with van der Waals surface area (Å²) in [6.45, 7) is 7.00. The predicted molar refractivity (Wildman–Crippen MR) is 99.4 cm³/mol. The van der Waals surface area contributed by atoms with Crippen LogP contribution in [-0.4, -0.2) is 54.3 Å². The van der Waals surface area contributed by atoms with Gasteiger partial charge in [0.25, 0.3) is 0 Å². The van der Waals surface area contributed by atoms with E-state index in [-0.39, 0.29) is 6.03 Å². The number of nitrogens with zero attached hydrogens (tertiary/aromatic N) is 3. The van der Waals surface area contributed by atoms with Crippen LogP contribution in [0, 0.1) is 5.92 Å². The van der Waals surface area contributed by atoms with Crippen molar-refractivity contribution in [1.82, 2.24) is 19.8 Å². The maximum atomic E-state index is 12.6. The number of benzene rings is 1. The molecule has 0 unspecified atom stereocenters. The second kappa shape index (κ2) is 7.44. The average Bonchev–Trinajstić information content (AvgIpc) is 2.98. The molecular weight excluding hydrogens is 316 g/mol. The van der Waals surface area contributed by atoms with Gasteiger partial charge in [-0.2, -0.15) is 4.98 Å². The molecule has 3 rings (SSSR count). The van der Waals surface area contributed by atoms with E-state index < -0.39 is 0 Å². The van der Waals surface area contributed by atoms with E-state index in [1.54, 1.807) is 7.11 Å². The average molecular weight is 344 g/mol. The Hall–Kier alpha value is -2.08. The molecule has 1 amide bonds. The molecule has 0 radical (unpaired) electrons. The smallest absolute Gasteiger partial charge is 0.330 e. The number of nitrogens with one attached hydrogen (secondary N) is 1. The summed E-state index contributed by atoms with van der Waals surface area (Å²) in [5.41, 5.74) is 2.90. The monoisotopic (exact) mass is 344 g/mol. The van der Waals surface area contributed by atoms with E-state index in [0.29, 0.717) is 24.4 Å². The van der Waals surface area contributed by atoms with Crippen molar-refractivity contribution in [3.8, 4) is 6.01 Å². The molecule has 25 heavy (non-hydrogen) atoms. The van der Waals surface area contributed by atoms with Crippen LogP contribution in [0.25, 0.3) is 11.0 Å². The zero-order chi connectivity index (χ0) is 18.0. The molecule has 6 nitrogen and oxygen atoms in total. The first kappa shape index (κ1) is 17.7. The minimum atomic E-state index is -0.194. The predicted octanol–water partition coefficient (Wildman–Crippen LogP) is 3.07. The molecule has 2 heterocycles. The number of carbonyl (C=O) groups is 1. The van der Waals surface area contributed by atoms with E-state index >= 15 is 0 Å². The van der Waals surface area contributed by atoms with E-state index in [9.17, 15) is 4.79 Å². The Morgan fingerprint density at radius 1 is 1.36 bits per heavy atom. The molecule has 2 aromatic rings. The summed E-state index contributed by atoms with van der Waals surface area (Å²) < 4.78 is 6.87. The van der Waals surface area contributed by atoms with E-state index in [4.69, 9.17) is 4.74 Å². The third-order valence-corrected chi connectivity index (χ3v) is 4.88. The lowest BCUT2D eigenvalue weighted by molar-refractivity contribution is 0.237. The van der Waals surface area contributed by atoms with Crippen LogP contribution in [0.5, 0.6) is 6.01 Å². The maximum absolute atomic E-state index is 12.6. The Bertz CT molecular complexity index is 745. The third kappa shape index (κ3) is 3.79. The number of piperidine rings is 1. The summed E-state index contributed by atoms with van der Waals surface area (Å²) in [6.07, 6.45) is 2.32. The number of imidazole rings is 1. The lowest BCUT2D eigenvalue weighted by Gasteiger charge is -2.29. The number of methoxy groups -OCH3 is 1. The van der Waals surface area contributed by atoms with Gasteiger partial charge in [-0.05, 0) is 62.5 Å². The van der Waals surface area contributed by atoms with Crippen molar-refractivity contribution in [1.29, 1.82) is 0 Å². The molecule has 0 saturated carbocycles. The van der Waals surface area contributed by atoms with Gasteiger partial charge >= 0.3 is 12.0 Å². The van der Waals surface area contributed by atoms with Gasteiger partial charge < -0.3 is 15.0 Å². The highest BCUT2D eigenvalue weighted by atomic mass is 16.5. The Morgan fingerprint density at radius 2 is 2.08 bits per heavy atom. The molecular formula is C19H28N4O2. The summed E-state index contributed by atoms with van der Waals surface area (Å²) in [5, 5.41) is 2.93. The Labute approximate surface area is 149 Å². The zero-order valence-electron chi connectivity index (χ0n) is 15.6. The molecule has 136 valence electrons. The quantitative estimate of drug-likeness (QED) is 0.926. The highest BCUT2D eigenvalue weighted by Gasteiger charge is 2.22. The van der Waals surface area contributed by atoms with Gasteiger partial charge in [0, 0.05) is 6.54 Å². The van der Waals surface area contributed by atoms with Gasteiger partial charge in [-0.3, -0.25) is 0 Å². The molecule has 0 aliphatic carbocycles. The van der Waals surface area contributed by atoms with Crippen LogP contribution in [-0.2, 0) is 0 Å². The second-order valence-corrected chi connectivity index (χ2v) is 7.34. The van der Waals surface area contributed by atoms with Crippen molar-refractivity contribution < 1.29 is 9.53 Å². The van der Waals surface area contributed by atoms with Gasteiger partial charge in [-0.15, -0.1) is 0 Å². The van der Waals surface area contributed by atoms with Crippen LogP contribution in [0.15, 0.2) is 18.2 Å². The van der Waals surface area contributed by atoms with Gasteiger partial charge in [-0.25, -0.2) is 9.36 Å². The number of carbonyl (C=O) groups excluding carboxylic acids is 1. The fraction of sp³-hybridized carbons (Fsp3) is 0.579. The lowest BCUT2D eigenvalue weighted by Crippen LogP contribution is -2.31. The minimum absolute atomic E-state index is 0.194. The summed E-state index contributed by atoms with van der Waals surface area (Å²) in [6, 6.07) is 6.37. The normalized spacial score (nSPS) is 16.5. The van der Waals surface area contributed by atoms with E-state index in [0.717, 1.165) is 37.0 Å². The van der Waals surface area contributed by atoms with Gasteiger partial charge in [0.1, 0.15) is 0 Å². The van der Waals surface area contributed by atoms with Crippen LogP contribution < -0.4 is 10.1 Å². The standard InChI is InChI=1S/C19H28N4O2/c1-13(2)12-20-18(24)23-17-6-5-15(11-16(17)21-19(23)25-4)14-7-9-22(3)10-8-14/h5-6,11,13-14H,7-10,12H2,1-4H3,(H,20,24). The van der Waals surface area contributed by atoms with Gasteiger partial charge in [0.2, 0.25) is 0 Å². The summed E-state index contributed by atoms with van der Waals surface area (Å²) >= 11 is 0. The molecule has 0 bridgehead atoms. The molecule has 1 saturated heterocycles. The molecule has 0 atom stereocenters. The first-order valence-corrected chi connectivity index (χ1v) is 9.02. The molecule has 1 aliphatic heterocycles. The fourth-order valence-corrected chi connectivity index (χ4v) is 3.37. The number of fused-ring (bicyclic) bond motifs is 1. The van der Waals surface area contributed by atoms with Gasteiger partial charge in [-0.1, -0.05) is 19.9 Å². The SMILES string of the molecule is COc1nc2cc(C3CCN(C)CC3)ccc2n1C(=O)NCC(C)C. The van der Waals surface area contributed by atoms with Crippen LogP contribution in [0.3, 0.4) is 0 Å². The van der Waals surface area contributed by atoms with Crippen LogP contribution >= 0.6 is 0 Å².